The van der Waals surface area contributed by atoms with E-state index in [1.165, 1.54) is 25.7 Å². The minimum Gasteiger partial charge on any atom is -0.497 e. The first-order valence-electron chi connectivity index (χ1n) is 28.6. The van der Waals surface area contributed by atoms with Crippen molar-refractivity contribution in [3.8, 4) is 5.75 Å². The number of piperidine rings is 2. The molecule has 4 aromatic rings. The maximum absolute atomic E-state index is 13.8. The average molecular weight is 1100 g/mol. The molecule has 19 heteroatoms. The van der Waals surface area contributed by atoms with E-state index < -0.39 is 23.5 Å². The number of hydrogen-bond acceptors (Lipinski definition) is 10. The van der Waals surface area contributed by atoms with Crippen LogP contribution in [0.15, 0.2) is 73.6 Å². The molecule has 4 heterocycles. The van der Waals surface area contributed by atoms with E-state index in [2.05, 4.69) is 41.2 Å². The van der Waals surface area contributed by atoms with Gasteiger partial charge in [0.25, 0.3) is 0 Å². The molecule has 6 N–H and O–H groups in total. The highest BCUT2D eigenvalue weighted by Crippen LogP contribution is 2.48. The Bertz CT molecular complexity index is 2500. The zero-order valence-electron chi connectivity index (χ0n) is 46.1. The molecule has 18 nitrogen and oxygen atoms in total. The zero-order chi connectivity index (χ0) is 55.3. The number of nitrogens with zero attached hydrogens (tertiary/aromatic N) is 4. The number of benzene rings is 2. The molecule has 0 radical (unpaired) electrons. The van der Waals surface area contributed by atoms with Crippen LogP contribution in [0.25, 0.3) is 0 Å². The van der Waals surface area contributed by atoms with Gasteiger partial charge in [0, 0.05) is 94.2 Å². The van der Waals surface area contributed by atoms with Crippen molar-refractivity contribution in [1.29, 1.82) is 0 Å². The van der Waals surface area contributed by atoms with Crippen LogP contribution in [0.2, 0.25) is 5.02 Å². The summed E-state index contributed by atoms with van der Waals surface area (Å²) >= 11 is 6.06. The molecular weight excluding hydrogens is 1010 g/mol. The van der Waals surface area contributed by atoms with E-state index in [-0.39, 0.29) is 29.2 Å². The van der Waals surface area contributed by atoms with Crippen LogP contribution in [-0.2, 0) is 49.6 Å². The molecule has 2 aromatic heterocycles. The van der Waals surface area contributed by atoms with Crippen LogP contribution in [0.5, 0.6) is 5.75 Å². The van der Waals surface area contributed by atoms with Crippen LogP contribution in [-0.4, -0.2) is 130 Å². The van der Waals surface area contributed by atoms with Gasteiger partial charge in [0.2, 0.25) is 11.8 Å². The Hall–Kier alpha value is -6.43. The largest absolute Gasteiger partial charge is 0.497 e. The van der Waals surface area contributed by atoms with Crippen molar-refractivity contribution in [2.24, 2.45) is 22.7 Å². The lowest BCUT2D eigenvalue weighted by Crippen LogP contribution is -2.56. The molecule has 4 fully saturated rings. The molecule has 2 saturated heterocycles. The second-order valence-corrected chi connectivity index (χ2v) is 22.0. The lowest BCUT2D eigenvalue weighted by Gasteiger charge is -2.47. The molecule has 2 atom stereocenters. The van der Waals surface area contributed by atoms with Crippen LogP contribution < -0.4 is 26.0 Å². The molecule has 0 spiro atoms. The molecule has 2 saturated carbocycles. The van der Waals surface area contributed by atoms with Crippen LogP contribution in [0.1, 0.15) is 133 Å². The number of carbonyl (C=O) groups excluding carboxylic acids is 6. The summed E-state index contributed by atoms with van der Waals surface area (Å²) < 4.78 is 10.8. The van der Waals surface area contributed by atoms with Gasteiger partial charge in [-0.1, -0.05) is 81.3 Å². The summed E-state index contributed by atoms with van der Waals surface area (Å²) in [7, 11) is 1.61. The Kier molecular flexibility index (Phi) is 22.4. The second-order valence-electron chi connectivity index (χ2n) is 21.5. The number of likely N-dealkylation sites (tertiary alicyclic amines) is 2. The first-order chi connectivity index (χ1) is 37.9. The van der Waals surface area contributed by atoms with Gasteiger partial charge >= 0.3 is 18.0 Å². The molecule has 2 aliphatic heterocycles. The molecule has 78 heavy (non-hydrogen) atoms. The van der Waals surface area contributed by atoms with Gasteiger partial charge in [-0.2, -0.15) is 0 Å². The molecular formula is C59H83ClN10O8. The van der Waals surface area contributed by atoms with E-state index in [0.29, 0.717) is 126 Å². The number of halogens is 1. The van der Waals surface area contributed by atoms with Crippen molar-refractivity contribution in [1.82, 2.24) is 51.0 Å². The lowest BCUT2D eigenvalue weighted by atomic mass is 9.61. The SMILES string of the molecule is CCC(=O)C1(C2CCCCC2)CCN(C(=O)C(Cc2ccc(OC)cc2)NC(=O)NCCc2c[nH]cn2)CC1.CCOC(=O)C1(C2CCCCC2)CCN(C(=O)[C@H](Cc2ccc(Cl)cc2)NC(=O)NCCc2c[nH]cn2)CC1. The number of urea groups is 2. The monoisotopic (exact) mass is 1090 g/mol. The third-order valence-electron chi connectivity index (χ3n) is 16.9. The number of aromatic nitrogens is 4. The molecule has 8 rings (SSSR count). The number of H-pyrrole nitrogens is 2. The van der Waals surface area contributed by atoms with Crippen molar-refractivity contribution >= 4 is 47.2 Å². The fourth-order valence-corrected chi connectivity index (χ4v) is 12.6. The second kappa shape index (κ2) is 29.5. The van der Waals surface area contributed by atoms with Gasteiger partial charge < -0.3 is 50.5 Å². The lowest BCUT2D eigenvalue weighted by molar-refractivity contribution is -0.166. The molecule has 424 valence electrons. The average Bonchev–Trinajstić information content (AvgIpc) is 4.28. The van der Waals surface area contributed by atoms with E-state index in [4.69, 9.17) is 21.1 Å². The van der Waals surface area contributed by atoms with E-state index in [1.54, 1.807) is 49.2 Å². The number of carbonyl (C=O) groups is 6. The molecule has 2 aliphatic carbocycles. The summed E-state index contributed by atoms with van der Waals surface area (Å²) in [5.74, 6) is 1.45. The third kappa shape index (κ3) is 16.1. The summed E-state index contributed by atoms with van der Waals surface area (Å²) in [4.78, 5) is 97.4. The summed E-state index contributed by atoms with van der Waals surface area (Å²) in [6.45, 7) is 6.99. The number of hydrogen-bond donors (Lipinski definition) is 6. The zero-order valence-corrected chi connectivity index (χ0v) is 46.8. The Morgan fingerprint density at radius 2 is 1.08 bits per heavy atom. The molecule has 2 aromatic carbocycles. The summed E-state index contributed by atoms with van der Waals surface area (Å²) in [5.41, 5.74) is 2.69. The first kappa shape index (κ1) is 59.2. The fraction of sp³-hybridized carbons (Fsp3) is 0.593. The Morgan fingerprint density at radius 1 is 0.641 bits per heavy atom. The highest BCUT2D eigenvalue weighted by molar-refractivity contribution is 6.30. The number of aromatic amines is 2. The minimum absolute atomic E-state index is 0.102. The normalized spacial score (nSPS) is 18.3. The topological polar surface area (TPSA) is 233 Å². The summed E-state index contributed by atoms with van der Waals surface area (Å²) in [6, 6.07) is 12.6. The van der Waals surface area contributed by atoms with Crippen LogP contribution >= 0.6 is 11.6 Å². The van der Waals surface area contributed by atoms with Gasteiger partial charge in [-0.05, 0) is 106 Å². The van der Waals surface area contributed by atoms with E-state index in [1.807, 2.05) is 55.1 Å². The maximum atomic E-state index is 13.8. The Balaban J connectivity index is 0.000000226. The van der Waals surface area contributed by atoms with Gasteiger partial charge in [0.1, 0.15) is 23.6 Å². The van der Waals surface area contributed by atoms with Gasteiger partial charge in [-0.3, -0.25) is 19.2 Å². The predicted molar refractivity (Wildman–Crippen MR) is 299 cm³/mol. The van der Waals surface area contributed by atoms with Crippen molar-refractivity contribution in [2.45, 2.75) is 148 Å². The molecule has 0 bridgehead atoms. The molecule has 4 aliphatic rings. The summed E-state index contributed by atoms with van der Waals surface area (Å²) in [6.07, 6.45) is 23.2. The number of amides is 6. The number of rotatable bonds is 21. The summed E-state index contributed by atoms with van der Waals surface area (Å²) in [5, 5.41) is 12.1. The highest BCUT2D eigenvalue weighted by Gasteiger charge is 2.50. The molecule has 1 unspecified atom stereocenters. The van der Waals surface area contributed by atoms with Crippen LogP contribution in [0.4, 0.5) is 9.59 Å². The Morgan fingerprint density at radius 3 is 1.49 bits per heavy atom. The van der Waals surface area contributed by atoms with E-state index in [9.17, 15) is 28.8 Å². The third-order valence-corrected chi connectivity index (χ3v) is 17.1. The smallest absolute Gasteiger partial charge is 0.315 e. The molecule has 6 amide bonds. The standard InChI is InChI=1S/C30H43N5O4.C29H40ClN5O4/c1-3-27(36)30(23-7-5-4-6-8-23)14-17-35(18-15-30)28(37)26(19-22-9-11-25(39-2)12-10-22)34-29(38)32-16-13-24-20-31-21-33-24;1-2-39-27(37)29(22-6-4-3-5-7-22)13-16-35(17-14-29)26(36)25(18-21-8-10-23(30)11-9-21)34-28(38)32-15-12-24-19-31-20-33-24/h9-12,20-21,23,26H,3-8,13-19H2,1-2H3,(H,31,33)(H2,32,34,38);8-11,19-20,22,25H,2-7,12-18H2,1H3,(H,31,33)(H2,32,34,38)/t;25-/m.0/s1. The van der Waals surface area contributed by atoms with Crippen molar-refractivity contribution in [3.05, 3.63) is 101 Å². The van der Waals surface area contributed by atoms with Crippen molar-refractivity contribution in [2.75, 3.05) is 53.0 Å². The van der Waals surface area contributed by atoms with E-state index in [0.717, 1.165) is 66.8 Å². The highest BCUT2D eigenvalue weighted by atomic mass is 35.5. The number of imidazole rings is 2. The van der Waals surface area contributed by atoms with Crippen molar-refractivity contribution < 1.29 is 38.2 Å². The van der Waals surface area contributed by atoms with E-state index >= 15 is 0 Å². The van der Waals surface area contributed by atoms with Gasteiger partial charge in [0.15, 0.2) is 0 Å². The van der Waals surface area contributed by atoms with Crippen LogP contribution in [0.3, 0.4) is 0 Å². The van der Waals surface area contributed by atoms with Gasteiger partial charge in [0.05, 0.1) is 43.2 Å². The maximum Gasteiger partial charge on any atom is 0.315 e. The Labute approximate surface area is 465 Å². The number of ether oxygens (including phenoxy) is 2. The van der Waals surface area contributed by atoms with Gasteiger partial charge in [-0.15, -0.1) is 0 Å². The van der Waals surface area contributed by atoms with Crippen molar-refractivity contribution in [3.63, 3.8) is 0 Å². The number of Topliss-reactive ketones (excluding diaryl/α,β-unsaturated/α-hetero) is 1. The fourth-order valence-electron chi connectivity index (χ4n) is 12.5. The number of ketones is 1. The number of nitrogens with one attached hydrogen (secondary N) is 6. The van der Waals surface area contributed by atoms with Crippen LogP contribution in [0, 0.1) is 22.7 Å². The number of esters is 1. The predicted octanol–water partition coefficient (Wildman–Crippen LogP) is 8.31. The minimum atomic E-state index is -0.749. The number of methoxy groups -OCH3 is 1. The quantitative estimate of drug-likeness (QED) is 0.0437. The first-order valence-corrected chi connectivity index (χ1v) is 28.9. The van der Waals surface area contributed by atoms with Gasteiger partial charge in [-0.25, -0.2) is 19.6 Å².